The number of amides is 3. The van der Waals surface area contributed by atoms with Gasteiger partial charge in [-0.05, 0) is 55.5 Å². The fourth-order valence-electron chi connectivity index (χ4n) is 5.01. The summed E-state index contributed by atoms with van der Waals surface area (Å²) in [5.74, 6) is -1.05. The molecule has 5 rings (SSSR count). The van der Waals surface area contributed by atoms with Crippen LogP contribution >= 0.6 is 0 Å². The van der Waals surface area contributed by atoms with Gasteiger partial charge in [-0.1, -0.05) is 18.2 Å². The number of rotatable bonds is 4. The first-order valence-electron chi connectivity index (χ1n) is 10.1. The minimum absolute atomic E-state index is 0.0757. The first kappa shape index (κ1) is 19.2. The largest absolute Gasteiger partial charge is 0.322 e. The Hall–Kier alpha value is -3.81. The van der Waals surface area contributed by atoms with Crippen LogP contribution in [0.3, 0.4) is 0 Å². The molecule has 2 aliphatic carbocycles. The maximum Gasteiger partial charge on any atom is 0.274 e. The molecule has 3 amide bonds. The average Bonchev–Trinajstić information content (AvgIpc) is 3.43. The van der Waals surface area contributed by atoms with Gasteiger partial charge in [-0.2, -0.15) is 0 Å². The van der Waals surface area contributed by atoms with Crippen LogP contribution in [0.25, 0.3) is 0 Å². The number of nitro groups is 1. The maximum atomic E-state index is 12.9. The van der Waals surface area contributed by atoms with E-state index in [2.05, 4.69) is 5.32 Å². The van der Waals surface area contributed by atoms with E-state index in [4.69, 9.17) is 0 Å². The highest BCUT2D eigenvalue weighted by atomic mass is 16.6. The Bertz CT molecular complexity index is 1140. The molecule has 2 fully saturated rings. The van der Waals surface area contributed by atoms with Gasteiger partial charge in [-0.25, -0.2) is 0 Å². The molecule has 156 valence electrons. The summed E-state index contributed by atoms with van der Waals surface area (Å²) in [6.45, 7) is 1.62. The van der Waals surface area contributed by atoms with Gasteiger partial charge >= 0.3 is 0 Å². The number of nitro benzene ring substituents is 1. The standard InChI is InChI=1S/C23H19N3O5/c1-12-2-7-16(11-18(12)26(30)31)24-21(27)13-5-8-17(9-6-13)25-22(28)19-14-3-4-15(10-14)20(19)23(25)29/h2-9,11,14-15,19-20H,10H2,1H3,(H,24,27)/t14-,15+,19+,20-. The van der Waals surface area contributed by atoms with Gasteiger partial charge in [0.2, 0.25) is 11.8 Å². The molecule has 1 N–H and O–H groups in total. The molecule has 1 saturated carbocycles. The molecule has 1 heterocycles. The van der Waals surface area contributed by atoms with Crippen LogP contribution in [-0.4, -0.2) is 22.6 Å². The third-order valence-electron chi connectivity index (χ3n) is 6.52. The summed E-state index contributed by atoms with van der Waals surface area (Å²) < 4.78 is 0. The van der Waals surface area contributed by atoms with Gasteiger partial charge in [-0.3, -0.25) is 29.4 Å². The SMILES string of the molecule is Cc1ccc(NC(=O)c2ccc(N3C(=O)[C@@H]4[C@H](C3=O)[C@H]3C=C[C@@H]4C3)cc2)cc1[N+](=O)[O-]. The molecular formula is C23H19N3O5. The number of fused-ring (bicyclic) bond motifs is 5. The lowest BCUT2D eigenvalue weighted by atomic mass is 9.85. The molecule has 4 atom stereocenters. The molecule has 3 aliphatic rings. The molecule has 1 aliphatic heterocycles. The second-order valence-electron chi connectivity index (χ2n) is 8.27. The van der Waals surface area contributed by atoms with Crippen molar-refractivity contribution in [2.75, 3.05) is 10.2 Å². The third kappa shape index (κ3) is 2.94. The van der Waals surface area contributed by atoms with Crippen molar-refractivity contribution < 1.29 is 19.3 Å². The van der Waals surface area contributed by atoms with E-state index in [1.165, 1.54) is 23.1 Å². The first-order valence-corrected chi connectivity index (χ1v) is 10.1. The molecule has 8 nitrogen and oxygen atoms in total. The van der Waals surface area contributed by atoms with Crippen molar-refractivity contribution >= 4 is 34.8 Å². The summed E-state index contributed by atoms with van der Waals surface area (Å²) >= 11 is 0. The number of allylic oxidation sites excluding steroid dienone is 2. The monoisotopic (exact) mass is 417 g/mol. The fraction of sp³-hybridized carbons (Fsp3) is 0.261. The molecule has 0 unspecified atom stereocenters. The van der Waals surface area contributed by atoms with Crippen molar-refractivity contribution in [2.24, 2.45) is 23.7 Å². The zero-order chi connectivity index (χ0) is 21.9. The van der Waals surface area contributed by atoms with Gasteiger partial charge in [0.15, 0.2) is 0 Å². The van der Waals surface area contributed by atoms with E-state index < -0.39 is 10.8 Å². The van der Waals surface area contributed by atoms with E-state index in [-0.39, 0.29) is 41.2 Å². The van der Waals surface area contributed by atoms with E-state index >= 15 is 0 Å². The van der Waals surface area contributed by atoms with E-state index in [1.54, 1.807) is 31.2 Å². The van der Waals surface area contributed by atoms with Crippen LogP contribution in [0.2, 0.25) is 0 Å². The zero-order valence-electron chi connectivity index (χ0n) is 16.6. The second-order valence-corrected chi connectivity index (χ2v) is 8.27. The van der Waals surface area contributed by atoms with Gasteiger partial charge in [0.1, 0.15) is 0 Å². The lowest BCUT2D eigenvalue weighted by Crippen LogP contribution is -2.32. The van der Waals surface area contributed by atoms with Gasteiger partial charge in [-0.15, -0.1) is 0 Å². The molecule has 1 saturated heterocycles. The van der Waals surface area contributed by atoms with Crippen LogP contribution < -0.4 is 10.2 Å². The number of hydrogen-bond acceptors (Lipinski definition) is 5. The summed E-state index contributed by atoms with van der Waals surface area (Å²) in [6, 6.07) is 10.7. The average molecular weight is 417 g/mol. The topological polar surface area (TPSA) is 110 Å². The molecule has 2 aromatic carbocycles. The smallest absolute Gasteiger partial charge is 0.274 e. The lowest BCUT2D eigenvalue weighted by molar-refractivity contribution is -0.385. The van der Waals surface area contributed by atoms with Crippen LogP contribution in [0.4, 0.5) is 17.1 Å². The Balaban J connectivity index is 1.33. The molecule has 0 spiro atoms. The number of hydrogen-bond donors (Lipinski definition) is 1. The highest BCUT2D eigenvalue weighted by Crippen LogP contribution is 2.53. The number of nitrogens with one attached hydrogen (secondary N) is 1. The Morgan fingerprint density at radius 3 is 2.23 bits per heavy atom. The number of carbonyl (C=O) groups is 3. The Morgan fingerprint density at radius 1 is 1.03 bits per heavy atom. The van der Waals surface area contributed by atoms with Gasteiger partial charge < -0.3 is 5.32 Å². The number of imide groups is 1. The van der Waals surface area contributed by atoms with Crippen molar-refractivity contribution in [1.29, 1.82) is 0 Å². The first-order chi connectivity index (χ1) is 14.8. The molecule has 8 heteroatoms. The number of anilines is 2. The molecule has 0 radical (unpaired) electrons. The van der Waals surface area contributed by atoms with Crippen molar-refractivity contribution in [2.45, 2.75) is 13.3 Å². The summed E-state index contributed by atoms with van der Waals surface area (Å²) in [4.78, 5) is 50.2. The molecule has 2 bridgehead atoms. The highest BCUT2D eigenvalue weighted by molar-refractivity contribution is 6.23. The Labute approximate surface area is 177 Å². The van der Waals surface area contributed by atoms with Crippen molar-refractivity contribution in [3.8, 4) is 0 Å². The van der Waals surface area contributed by atoms with Gasteiger partial charge in [0, 0.05) is 22.9 Å². The fourth-order valence-corrected chi connectivity index (χ4v) is 5.01. The van der Waals surface area contributed by atoms with Crippen LogP contribution in [-0.2, 0) is 9.59 Å². The molecular weight excluding hydrogens is 398 g/mol. The molecule has 31 heavy (non-hydrogen) atoms. The summed E-state index contributed by atoms with van der Waals surface area (Å²) in [7, 11) is 0. The van der Waals surface area contributed by atoms with Crippen LogP contribution in [0.5, 0.6) is 0 Å². The third-order valence-corrected chi connectivity index (χ3v) is 6.52. The number of aryl methyl sites for hydroxylation is 1. The van der Waals surface area contributed by atoms with Gasteiger partial charge in [0.25, 0.3) is 11.6 Å². The van der Waals surface area contributed by atoms with Crippen LogP contribution in [0, 0.1) is 40.7 Å². The maximum absolute atomic E-state index is 12.9. The molecule has 0 aromatic heterocycles. The number of nitrogens with zero attached hydrogens (tertiary/aromatic N) is 2. The van der Waals surface area contributed by atoms with Crippen molar-refractivity contribution in [3.05, 3.63) is 75.9 Å². The van der Waals surface area contributed by atoms with E-state index in [0.717, 1.165) is 6.42 Å². The second kappa shape index (κ2) is 6.87. The van der Waals surface area contributed by atoms with Crippen molar-refractivity contribution in [1.82, 2.24) is 0 Å². The molecule has 2 aromatic rings. The van der Waals surface area contributed by atoms with Gasteiger partial charge in [0.05, 0.1) is 22.4 Å². The lowest BCUT2D eigenvalue weighted by Gasteiger charge is -2.17. The Kier molecular flexibility index (Phi) is 4.25. The number of carbonyl (C=O) groups excluding carboxylic acids is 3. The summed E-state index contributed by atoms with van der Waals surface area (Å²) in [5, 5.41) is 13.7. The minimum atomic E-state index is -0.499. The van der Waals surface area contributed by atoms with E-state index in [9.17, 15) is 24.5 Å². The summed E-state index contributed by atoms with van der Waals surface area (Å²) in [5.41, 5.74) is 1.50. The highest BCUT2D eigenvalue weighted by Gasteiger charge is 2.59. The number of benzene rings is 2. The zero-order valence-corrected chi connectivity index (χ0v) is 16.6. The minimum Gasteiger partial charge on any atom is -0.322 e. The Morgan fingerprint density at radius 2 is 1.65 bits per heavy atom. The van der Waals surface area contributed by atoms with Crippen molar-refractivity contribution in [3.63, 3.8) is 0 Å². The quantitative estimate of drug-likeness (QED) is 0.355. The van der Waals surface area contributed by atoms with E-state index in [0.29, 0.717) is 22.5 Å². The predicted molar refractivity (Wildman–Crippen MR) is 112 cm³/mol. The van der Waals surface area contributed by atoms with Crippen LogP contribution in [0.1, 0.15) is 22.3 Å². The summed E-state index contributed by atoms with van der Waals surface area (Å²) in [6.07, 6.45) is 4.96. The normalized spacial score (nSPS) is 25.8. The predicted octanol–water partition coefficient (Wildman–Crippen LogP) is 3.47. The van der Waals surface area contributed by atoms with Crippen LogP contribution in [0.15, 0.2) is 54.6 Å². The van der Waals surface area contributed by atoms with E-state index in [1.807, 2.05) is 12.2 Å².